The minimum atomic E-state index is 0.00456. The van der Waals surface area contributed by atoms with Gasteiger partial charge in [0.15, 0.2) is 0 Å². The molecule has 2 aromatic heterocycles. The molecular formula is C14H17N3O2. The van der Waals surface area contributed by atoms with Crippen molar-refractivity contribution in [1.82, 2.24) is 15.6 Å². The van der Waals surface area contributed by atoms with Gasteiger partial charge in [-0.25, -0.2) is 0 Å². The molecule has 0 aliphatic carbocycles. The van der Waals surface area contributed by atoms with Crippen molar-refractivity contribution in [2.45, 2.75) is 19.5 Å². The van der Waals surface area contributed by atoms with Gasteiger partial charge in [-0.2, -0.15) is 0 Å². The van der Waals surface area contributed by atoms with E-state index in [1.807, 2.05) is 24.3 Å². The van der Waals surface area contributed by atoms with E-state index in [4.69, 9.17) is 4.42 Å². The number of rotatable bonds is 7. The van der Waals surface area contributed by atoms with E-state index in [-0.39, 0.29) is 5.91 Å². The van der Waals surface area contributed by atoms with E-state index < -0.39 is 0 Å². The van der Waals surface area contributed by atoms with E-state index in [0.717, 1.165) is 11.5 Å². The highest BCUT2D eigenvalue weighted by molar-refractivity contribution is 5.75. The van der Waals surface area contributed by atoms with Gasteiger partial charge < -0.3 is 15.1 Å². The molecule has 2 rings (SSSR count). The zero-order valence-electron chi connectivity index (χ0n) is 10.6. The normalized spacial score (nSPS) is 10.3. The van der Waals surface area contributed by atoms with E-state index in [9.17, 15) is 4.79 Å². The molecule has 0 radical (unpaired) electrons. The second-order valence-electron chi connectivity index (χ2n) is 4.10. The number of hydrogen-bond acceptors (Lipinski definition) is 4. The first-order valence-electron chi connectivity index (χ1n) is 6.24. The third kappa shape index (κ3) is 4.93. The van der Waals surface area contributed by atoms with Crippen LogP contribution in [-0.2, 0) is 17.9 Å². The molecule has 0 bridgehead atoms. The van der Waals surface area contributed by atoms with E-state index in [2.05, 4.69) is 15.6 Å². The lowest BCUT2D eigenvalue weighted by Gasteiger charge is -2.05. The van der Waals surface area contributed by atoms with Crippen LogP contribution in [0.15, 0.2) is 47.2 Å². The summed E-state index contributed by atoms with van der Waals surface area (Å²) in [5.74, 6) is 0.764. The van der Waals surface area contributed by atoms with Gasteiger partial charge in [0.2, 0.25) is 5.91 Å². The first kappa shape index (κ1) is 13.3. The van der Waals surface area contributed by atoms with Crippen LogP contribution in [0.4, 0.5) is 0 Å². The molecule has 0 fully saturated rings. The number of carbonyl (C=O) groups is 1. The lowest BCUT2D eigenvalue weighted by Crippen LogP contribution is -2.27. The summed E-state index contributed by atoms with van der Waals surface area (Å²) in [4.78, 5) is 15.7. The van der Waals surface area contributed by atoms with Gasteiger partial charge in [-0.05, 0) is 24.3 Å². The minimum Gasteiger partial charge on any atom is -0.467 e. The molecule has 0 aromatic carbocycles. The third-order valence-corrected chi connectivity index (χ3v) is 2.60. The first-order valence-corrected chi connectivity index (χ1v) is 6.24. The smallest absolute Gasteiger partial charge is 0.221 e. The second kappa shape index (κ2) is 7.33. The van der Waals surface area contributed by atoms with Crippen molar-refractivity contribution >= 4 is 5.91 Å². The Balaban J connectivity index is 1.57. The first-order chi connectivity index (χ1) is 9.34. The Bertz CT molecular complexity index is 483. The summed E-state index contributed by atoms with van der Waals surface area (Å²) < 4.78 is 5.13. The van der Waals surface area contributed by atoms with Crippen LogP contribution in [0.1, 0.15) is 17.9 Å². The summed E-state index contributed by atoms with van der Waals surface area (Å²) in [6, 6.07) is 9.41. The molecule has 0 aliphatic heterocycles. The Morgan fingerprint density at radius 3 is 2.89 bits per heavy atom. The van der Waals surface area contributed by atoms with Gasteiger partial charge in [0.25, 0.3) is 0 Å². The summed E-state index contributed by atoms with van der Waals surface area (Å²) in [5, 5.41) is 5.97. The van der Waals surface area contributed by atoms with Crippen molar-refractivity contribution in [2.75, 3.05) is 6.54 Å². The number of amides is 1. The Labute approximate surface area is 112 Å². The van der Waals surface area contributed by atoms with Crippen LogP contribution >= 0.6 is 0 Å². The molecule has 0 unspecified atom stereocenters. The Hall–Kier alpha value is -2.14. The van der Waals surface area contributed by atoms with Crippen LogP contribution in [0.3, 0.4) is 0 Å². The molecule has 100 valence electrons. The predicted octanol–water partition coefficient (Wildman–Crippen LogP) is 1.47. The highest BCUT2D eigenvalue weighted by Crippen LogP contribution is 1.98. The number of carbonyl (C=O) groups excluding carboxylic acids is 1. The SMILES string of the molecule is O=C(CCNCc1ccccn1)NCc1ccco1. The van der Waals surface area contributed by atoms with E-state index in [1.165, 1.54) is 0 Å². The standard InChI is InChI=1S/C14H17N3O2/c18-14(17-11-13-5-3-9-19-13)6-8-15-10-12-4-1-2-7-16-12/h1-5,7,9,15H,6,8,10-11H2,(H,17,18). The molecule has 0 spiro atoms. The van der Waals surface area contributed by atoms with Crippen molar-refractivity contribution in [3.05, 3.63) is 54.2 Å². The third-order valence-electron chi connectivity index (χ3n) is 2.60. The maximum Gasteiger partial charge on any atom is 0.221 e. The average Bonchev–Trinajstić information content (AvgIpc) is 2.96. The molecule has 2 aromatic rings. The van der Waals surface area contributed by atoms with Crippen LogP contribution in [0.5, 0.6) is 0 Å². The Kier molecular flexibility index (Phi) is 5.13. The van der Waals surface area contributed by atoms with Gasteiger partial charge in [-0.1, -0.05) is 6.07 Å². The van der Waals surface area contributed by atoms with Crippen molar-refractivity contribution in [3.8, 4) is 0 Å². The number of hydrogen-bond donors (Lipinski definition) is 2. The molecule has 5 heteroatoms. The molecular weight excluding hydrogens is 242 g/mol. The molecule has 5 nitrogen and oxygen atoms in total. The van der Waals surface area contributed by atoms with Gasteiger partial charge in [-0.3, -0.25) is 9.78 Å². The summed E-state index contributed by atoms with van der Waals surface area (Å²) in [6.45, 7) is 1.74. The minimum absolute atomic E-state index is 0.00456. The highest BCUT2D eigenvalue weighted by Gasteiger charge is 2.02. The summed E-state index contributed by atoms with van der Waals surface area (Å²) in [6.07, 6.45) is 3.79. The van der Waals surface area contributed by atoms with E-state index in [1.54, 1.807) is 18.5 Å². The maximum absolute atomic E-state index is 11.5. The quantitative estimate of drug-likeness (QED) is 0.739. The Morgan fingerprint density at radius 2 is 2.16 bits per heavy atom. The van der Waals surface area contributed by atoms with Crippen molar-refractivity contribution < 1.29 is 9.21 Å². The molecule has 0 atom stereocenters. The fourth-order valence-corrected chi connectivity index (χ4v) is 1.61. The van der Waals surface area contributed by atoms with Gasteiger partial charge in [-0.15, -0.1) is 0 Å². The fraction of sp³-hybridized carbons (Fsp3) is 0.286. The monoisotopic (exact) mass is 259 g/mol. The number of aromatic nitrogens is 1. The van der Waals surface area contributed by atoms with Gasteiger partial charge >= 0.3 is 0 Å². The molecule has 1 amide bonds. The topological polar surface area (TPSA) is 67.2 Å². The van der Waals surface area contributed by atoms with Crippen LogP contribution in [-0.4, -0.2) is 17.4 Å². The lowest BCUT2D eigenvalue weighted by molar-refractivity contribution is -0.121. The predicted molar refractivity (Wildman–Crippen MR) is 71.1 cm³/mol. The second-order valence-corrected chi connectivity index (χ2v) is 4.10. The van der Waals surface area contributed by atoms with Crippen molar-refractivity contribution in [3.63, 3.8) is 0 Å². The molecule has 0 saturated heterocycles. The van der Waals surface area contributed by atoms with Crippen LogP contribution in [0, 0.1) is 0 Å². The van der Waals surface area contributed by atoms with Crippen LogP contribution in [0.25, 0.3) is 0 Å². The highest BCUT2D eigenvalue weighted by atomic mass is 16.3. The maximum atomic E-state index is 11.5. The molecule has 2 heterocycles. The lowest BCUT2D eigenvalue weighted by atomic mass is 10.3. The summed E-state index contributed by atoms with van der Waals surface area (Å²) in [7, 11) is 0. The molecule has 0 saturated carbocycles. The number of furan rings is 1. The van der Waals surface area contributed by atoms with Crippen LogP contribution < -0.4 is 10.6 Å². The zero-order valence-corrected chi connectivity index (χ0v) is 10.6. The Morgan fingerprint density at radius 1 is 1.21 bits per heavy atom. The van der Waals surface area contributed by atoms with Gasteiger partial charge in [0.1, 0.15) is 5.76 Å². The zero-order chi connectivity index (χ0) is 13.3. The summed E-state index contributed by atoms with van der Waals surface area (Å²) >= 11 is 0. The molecule has 0 aliphatic rings. The van der Waals surface area contributed by atoms with Crippen LogP contribution in [0.2, 0.25) is 0 Å². The molecule has 19 heavy (non-hydrogen) atoms. The number of pyridine rings is 1. The van der Waals surface area contributed by atoms with E-state index >= 15 is 0 Å². The van der Waals surface area contributed by atoms with Gasteiger partial charge in [0, 0.05) is 25.7 Å². The van der Waals surface area contributed by atoms with Crippen molar-refractivity contribution in [2.24, 2.45) is 0 Å². The molecule has 2 N–H and O–H groups in total. The van der Waals surface area contributed by atoms with Gasteiger partial charge in [0.05, 0.1) is 18.5 Å². The number of nitrogens with one attached hydrogen (secondary N) is 2. The largest absolute Gasteiger partial charge is 0.467 e. The summed E-state index contributed by atoms with van der Waals surface area (Å²) in [5.41, 5.74) is 0.971. The van der Waals surface area contributed by atoms with Crippen molar-refractivity contribution in [1.29, 1.82) is 0 Å². The number of nitrogens with zero attached hydrogens (tertiary/aromatic N) is 1. The fourth-order valence-electron chi connectivity index (χ4n) is 1.61. The average molecular weight is 259 g/mol. The van der Waals surface area contributed by atoms with E-state index in [0.29, 0.717) is 26.1 Å².